The summed E-state index contributed by atoms with van der Waals surface area (Å²) < 4.78 is 1.98. The number of para-hydroxylation sites is 3. The molecule has 202 valence electrons. The maximum atomic E-state index is 13.6. The molecule has 40 heavy (non-hydrogen) atoms. The van der Waals surface area contributed by atoms with Crippen LogP contribution in [0.25, 0.3) is 22.2 Å². The molecule has 0 unspecified atom stereocenters. The average molecular weight is 531 g/mol. The Hall–Kier alpha value is -4.71. The van der Waals surface area contributed by atoms with Gasteiger partial charge in [0.2, 0.25) is 11.8 Å². The molecule has 5 aromatic rings. The summed E-state index contributed by atoms with van der Waals surface area (Å²) >= 11 is 0. The minimum atomic E-state index is -0.0405. The number of fused-ring (bicyclic) bond motifs is 1. The van der Waals surface area contributed by atoms with Crippen LogP contribution in [0.3, 0.4) is 0 Å². The maximum absolute atomic E-state index is 13.6. The van der Waals surface area contributed by atoms with E-state index in [1.54, 1.807) is 0 Å². The number of carbonyl (C=O) groups is 2. The number of aromatic nitrogens is 2. The third-order valence-corrected chi connectivity index (χ3v) is 6.94. The number of nitrogens with zero attached hydrogens (tertiary/aromatic N) is 3. The van der Waals surface area contributed by atoms with Crippen LogP contribution in [-0.4, -0.2) is 34.0 Å². The Kier molecular flexibility index (Phi) is 8.35. The van der Waals surface area contributed by atoms with Crippen LogP contribution in [0, 0.1) is 0 Å². The van der Waals surface area contributed by atoms with Gasteiger partial charge in [-0.3, -0.25) is 9.59 Å². The number of hydrogen-bond acceptors (Lipinski definition) is 3. The summed E-state index contributed by atoms with van der Waals surface area (Å²) in [5, 5.41) is 3.03. The van der Waals surface area contributed by atoms with Crippen molar-refractivity contribution in [3.8, 4) is 11.1 Å². The van der Waals surface area contributed by atoms with Gasteiger partial charge in [0.1, 0.15) is 12.4 Å². The monoisotopic (exact) mass is 530 g/mol. The number of imidazole rings is 1. The van der Waals surface area contributed by atoms with E-state index in [1.807, 2.05) is 120 Å². The van der Waals surface area contributed by atoms with Crippen molar-refractivity contribution in [1.82, 2.24) is 14.9 Å². The summed E-state index contributed by atoms with van der Waals surface area (Å²) in [7, 11) is 0. The Bertz CT molecular complexity index is 1580. The molecule has 0 aliphatic carbocycles. The molecule has 2 amide bonds. The number of amides is 2. The zero-order valence-electron chi connectivity index (χ0n) is 23.0. The summed E-state index contributed by atoms with van der Waals surface area (Å²) in [6, 6.07) is 35.9. The van der Waals surface area contributed by atoms with E-state index >= 15 is 0 Å². The van der Waals surface area contributed by atoms with Crippen molar-refractivity contribution in [3.05, 3.63) is 121 Å². The highest BCUT2D eigenvalue weighted by atomic mass is 16.2. The van der Waals surface area contributed by atoms with Gasteiger partial charge in [-0.15, -0.1) is 0 Å². The summed E-state index contributed by atoms with van der Waals surface area (Å²) in [4.78, 5) is 32.9. The normalized spacial score (nSPS) is 11.1. The summed E-state index contributed by atoms with van der Waals surface area (Å²) in [5.74, 6) is 0.730. The average Bonchev–Trinajstić information content (AvgIpc) is 3.31. The van der Waals surface area contributed by atoms with E-state index in [2.05, 4.69) is 17.4 Å². The van der Waals surface area contributed by atoms with Gasteiger partial charge in [-0.05, 0) is 54.8 Å². The van der Waals surface area contributed by atoms with Crippen LogP contribution in [0.15, 0.2) is 109 Å². The molecular formula is C34H34N4O2. The second kappa shape index (κ2) is 12.4. The van der Waals surface area contributed by atoms with Crippen LogP contribution in [0.4, 0.5) is 5.69 Å². The first-order chi connectivity index (χ1) is 19.5. The van der Waals surface area contributed by atoms with E-state index in [-0.39, 0.29) is 24.4 Å². The topological polar surface area (TPSA) is 67.2 Å². The number of benzene rings is 4. The minimum absolute atomic E-state index is 0.00594. The first-order valence-electron chi connectivity index (χ1n) is 13.7. The maximum Gasteiger partial charge on any atom is 0.247 e. The molecule has 0 atom stereocenters. The highest BCUT2D eigenvalue weighted by molar-refractivity contribution is 5.94. The van der Waals surface area contributed by atoms with Gasteiger partial charge in [0.25, 0.3) is 0 Å². The van der Waals surface area contributed by atoms with Crippen molar-refractivity contribution in [2.45, 2.75) is 39.3 Å². The number of carbonyl (C=O) groups excluding carboxylic acids is 2. The van der Waals surface area contributed by atoms with Crippen molar-refractivity contribution in [2.24, 2.45) is 0 Å². The van der Waals surface area contributed by atoms with Gasteiger partial charge in [-0.1, -0.05) is 84.9 Å². The van der Waals surface area contributed by atoms with Crippen molar-refractivity contribution in [2.75, 3.05) is 11.4 Å². The highest BCUT2D eigenvalue weighted by Gasteiger charge is 2.22. The molecule has 1 heterocycles. The first kappa shape index (κ1) is 26.9. The Balaban J connectivity index is 1.24. The highest BCUT2D eigenvalue weighted by Crippen LogP contribution is 2.21. The Labute approximate surface area is 235 Å². The second-order valence-corrected chi connectivity index (χ2v) is 10.1. The fourth-order valence-corrected chi connectivity index (χ4v) is 5.03. The van der Waals surface area contributed by atoms with Crippen LogP contribution in [0.1, 0.15) is 25.2 Å². The molecule has 1 aromatic heterocycles. The fraction of sp³-hybridized carbons (Fsp3) is 0.206. The van der Waals surface area contributed by atoms with Gasteiger partial charge in [0, 0.05) is 24.7 Å². The number of nitrogens with one attached hydrogen (secondary N) is 1. The van der Waals surface area contributed by atoms with Crippen molar-refractivity contribution < 1.29 is 9.59 Å². The van der Waals surface area contributed by atoms with E-state index in [0.717, 1.165) is 39.2 Å². The van der Waals surface area contributed by atoms with Gasteiger partial charge in [-0.2, -0.15) is 0 Å². The van der Waals surface area contributed by atoms with E-state index in [1.165, 1.54) is 0 Å². The van der Waals surface area contributed by atoms with Crippen LogP contribution in [-0.2, 0) is 29.0 Å². The second-order valence-electron chi connectivity index (χ2n) is 10.1. The van der Waals surface area contributed by atoms with Crippen LogP contribution in [0.5, 0.6) is 0 Å². The van der Waals surface area contributed by atoms with Gasteiger partial charge in [0.05, 0.1) is 17.5 Å². The molecular weight excluding hydrogens is 496 g/mol. The van der Waals surface area contributed by atoms with Gasteiger partial charge in [0.15, 0.2) is 0 Å². The van der Waals surface area contributed by atoms with E-state index in [0.29, 0.717) is 19.4 Å². The molecule has 0 fully saturated rings. The van der Waals surface area contributed by atoms with Gasteiger partial charge in [-0.25, -0.2) is 4.98 Å². The predicted octanol–water partition coefficient (Wildman–Crippen LogP) is 6.05. The van der Waals surface area contributed by atoms with Gasteiger partial charge < -0.3 is 14.8 Å². The first-order valence-corrected chi connectivity index (χ1v) is 13.7. The van der Waals surface area contributed by atoms with Crippen molar-refractivity contribution in [1.29, 1.82) is 0 Å². The minimum Gasteiger partial charge on any atom is -0.355 e. The number of rotatable bonds is 10. The SMILES string of the molecule is CC(C)N(C(=O)Cn1c(CCNC(=O)Cc2ccc(-c3ccccc3)cc2)nc2ccccc21)c1ccccc1. The molecule has 0 aliphatic rings. The Morgan fingerprint density at radius 3 is 2.12 bits per heavy atom. The molecule has 0 spiro atoms. The molecule has 5 rings (SSSR count). The molecule has 4 aromatic carbocycles. The molecule has 0 radical (unpaired) electrons. The summed E-state index contributed by atoms with van der Waals surface area (Å²) in [6.07, 6.45) is 0.831. The van der Waals surface area contributed by atoms with E-state index < -0.39 is 0 Å². The smallest absolute Gasteiger partial charge is 0.247 e. The number of anilines is 1. The molecule has 0 saturated heterocycles. The van der Waals surface area contributed by atoms with Crippen LogP contribution < -0.4 is 10.2 Å². The summed E-state index contributed by atoms with van der Waals surface area (Å²) in [6.45, 7) is 4.64. The lowest BCUT2D eigenvalue weighted by Gasteiger charge is -2.27. The van der Waals surface area contributed by atoms with Crippen molar-refractivity contribution >= 4 is 28.5 Å². The zero-order valence-corrected chi connectivity index (χ0v) is 23.0. The molecule has 1 N–H and O–H groups in total. The largest absolute Gasteiger partial charge is 0.355 e. The molecule has 6 nitrogen and oxygen atoms in total. The Morgan fingerprint density at radius 2 is 1.43 bits per heavy atom. The zero-order chi connectivity index (χ0) is 27.9. The van der Waals surface area contributed by atoms with Gasteiger partial charge >= 0.3 is 0 Å². The van der Waals surface area contributed by atoms with E-state index in [9.17, 15) is 9.59 Å². The lowest BCUT2D eigenvalue weighted by Crippen LogP contribution is -2.39. The predicted molar refractivity (Wildman–Crippen MR) is 161 cm³/mol. The molecule has 6 heteroatoms. The fourth-order valence-electron chi connectivity index (χ4n) is 5.03. The third kappa shape index (κ3) is 6.29. The quantitative estimate of drug-likeness (QED) is 0.239. The Morgan fingerprint density at radius 1 is 0.800 bits per heavy atom. The molecule has 0 aliphatic heterocycles. The molecule has 0 saturated carbocycles. The van der Waals surface area contributed by atoms with E-state index in [4.69, 9.17) is 4.98 Å². The van der Waals surface area contributed by atoms with Crippen LogP contribution in [0.2, 0.25) is 0 Å². The molecule has 0 bridgehead atoms. The summed E-state index contributed by atoms with van der Waals surface area (Å²) in [5.41, 5.74) is 5.86. The lowest BCUT2D eigenvalue weighted by atomic mass is 10.0. The third-order valence-electron chi connectivity index (χ3n) is 6.94. The number of hydrogen-bond donors (Lipinski definition) is 1. The standard InChI is InChI=1S/C34H34N4O2/c1-25(2)38(29-13-7-4-8-14-29)34(40)24-37-31-16-10-9-15-30(31)36-32(37)21-22-35-33(39)23-26-17-19-28(20-18-26)27-11-5-3-6-12-27/h3-20,25H,21-24H2,1-2H3,(H,35,39). The lowest BCUT2D eigenvalue weighted by molar-refractivity contribution is -0.121. The van der Waals surface area contributed by atoms with Crippen molar-refractivity contribution in [3.63, 3.8) is 0 Å². The van der Waals surface area contributed by atoms with Crippen LogP contribution >= 0.6 is 0 Å².